The molecule has 0 atom stereocenters. The average molecular weight is 304 g/mol. The van der Waals surface area contributed by atoms with Crippen molar-refractivity contribution in [3.05, 3.63) is 0 Å². The van der Waals surface area contributed by atoms with Crippen molar-refractivity contribution in [2.45, 2.75) is 12.1 Å². The number of rotatable bonds is 3. The molecule has 10 heteroatoms. The van der Waals surface area contributed by atoms with Crippen molar-refractivity contribution in [2.75, 3.05) is 39.8 Å². The minimum absolute atomic E-state index is 0.0226. The van der Waals surface area contributed by atoms with Gasteiger partial charge in [0.05, 0.1) is 13.7 Å². The van der Waals surface area contributed by atoms with Crippen LogP contribution in [0.1, 0.15) is 0 Å². The number of piperazine rings is 1. The highest BCUT2D eigenvalue weighted by atomic mass is 19.4. The highest BCUT2D eigenvalue weighted by Gasteiger charge is 2.64. The van der Waals surface area contributed by atoms with Gasteiger partial charge in [0, 0.05) is 26.2 Å². The number of halogens is 5. The molecular weight excluding hydrogens is 291 g/mol. The Morgan fingerprint density at radius 1 is 1.05 bits per heavy atom. The number of ether oxygens (including phenoxy) is 1. The fraction of sp³-hybridized carbons (Fsp3) is 0.800. The molecule has 5 nitrogen and oxygen atoms in total. The topological polar surface area (TPSA) is 49.9 Å². The SMILES string of the molecule is COC(=O)CN1CCN(C(=O)C(F)(F)C(F)(F)F)CC1. The summed E-state index contributed by atoms with van der Waals surface area (Å²) in [5.74, 6) is -8.20. The maximum absolute atomic E-state index is 12.9. The van der Waals surface area contributed by atoms with Crippen molar-refractivity contribution in [2.24, 2.45) is 0 Å². The lowest BCUT2D eigenvalue weighted by molar-refractivity contribution is -0.274. The highest BCUT2D eigenvalue weighted by Crippen LogP contribution is 2.37. The van der Waals surface area contributed by atoms with E-state index in [-0.39, 0.29) is 32.7 Å². The molecule has 0 aromatic rings. The number of amides is 1. The highest BCUT2D eigenvalue weighted by molar-refractivity contribution is 5.84. The van der Waals surface area contributed by atoms with Gasteiger partial charge in [0.1, 0.15) is 0 Å². The van der Waals surface area contributed by atoms with E-state index in [9.17, 15) is 31.5 Å². The monoisotopic (exact) mass is 304 g/mol. The summed E-state index contributed by atoms with van der Waals surface area (Å²) in [5, 5.41) is 0. The number of nitrogens with zero attached hydrogens (tertiary/aromatic N) is 2. The summed E-state index contributed by atoms with van der Waals surface area (Å²) in [4.78, 5) is 24.1. The number of carbonyl (C=O) groups is 2. The molecule has 0 aliphatic carbocycles. The van der Waals surface area contributed by atoms with E-state index in [0.717, 1.165) is 0 Å². The number of methoxy groups -OCH3 is 1. The maximum Gasteiger partial charge on any atom is 0.463 e. The molecule has 0 N–H and O–H groups in total. The minimum atomic E-state index is -5.91. The number of carbonyl (C=O) groups excluding carboxylic acids is 2. The molecule has 1 rings (SSSR count). The van der Waals surface area contributed by atoms with Crippen molar-refractivity contribution in [1.82, 2.24) is 9.80 Å². The second kappa shape index (κ2) is 5.90. The Bertz CT molecular complexity index is 378. The molecule has 1 aliphatic rings. The van der Waals surface area contributed by atoms with Crippen molar-refractivity contribution in [1.29, 1.82) is 0 Å². The van der Waals surface area contributed by atoms with E-state index in [1.807, 2.05) is 0 Å². The molecule has 0 aromatic heterocycles. The Balaban J connectivity index is 2.57. The molecule has 1 fully saturated rings. The zero-order valence-electron chi connectivity index (χ0n) is 10.5. The molecule has 0 radical (unpaired) electrons. The fourth-order valence-electron chi connectivity index (χ4n) is 1.68. The Morgan fingerprint density at radius 3 is 1.95 bits per heavy atom. The Kier molecular flexibility index (Phi) is 4.90. The van der Waals surface area contributed by atoms with Crippen LogP contribution in [0, 0.1) is 0 Å². The summed E-state index contributed by atoms with van der Waals surface area (Å²) >= 11 is 0. The van der Waals surface area contributed by atoms with Crippen LogP contribution in [0.3, 0.4) is 0 Å². The van der Waals surface area contributed by atoms with Gasteiger partial charge in [-0.2, -0.15) is 22.0 Å². The second-order valence-electron chi connectivity index (χ2n) is 4.22. The summed E-state index contributed by atoms with van der Waals surface area (Å²) in [6, 6.07) is 0. The van der Waals surface area contributed by atoms with Crippen molar-refractivity contribution < 1.29 is 36.3 Å². The summed E-state index contributed by atoms with van der Waals surface area (Å²) in [6.07, 6.45) is -5.91. The van der Waals surface area contributed by atoms with Crippen LogP contribution in [0.4, 0.5) is 22.0 Å². The molecule has 0 unspecified atom stereocenters. The lowest BCUT2D eigenvalue weighted by Gasteiger charge is -2.35. The van der Waals surface area contributed by atoms with Crippen LogP contribution in [-0.4, -0.2) is 73.6 Å². The predicted molar refractivity (Wildman–Crippen MR) is 56.0 cm³/mol. The summed E-state index contributed by atoms with van der Waals surface area (Å²) in [6.45, 7) is -0.666. The summed E-state index contributed by atoms with van der Waals surface area (Å²) in [5.41, 5.74) is 0. The zero-order chi connectivity index (χ0) is 15.6. The Hall–Kier alpha value is -1.45. The fourth-order valence-corrected chi connectivity index (χ4v) is 1.68. The first-order chi connectivity index (χ1) is 9.09. The van der Waals surface area contributed by atoms with Gasteiger partial charge in [-0.1, -0.05) is 0 Å². The first-order valence-corrected chi connectivity index (χ1v) is 5.62. The maximum atomic E-state index is 12.9. The third-order valence-corrected chi connectivity index (χ3v) is 2.86. The van der Waals surface area contributed by atoms with Crippen LogP contribution >= 0.6 is 0 Å². The largest absolute Gasteiger partial charge is 0.468 e. The minimum Gasteiger partial charge on any atom is -0.468 e. The van der Waals surface area contributed by atoms with Gasteiger partial charge in [0.2, 0.25) is 0 Å². The van der Waals surface area contributed by atoms with Crippen LogP contribution < -0.4 is 0 Å². The van der Waals surface area contributed by atoms with Crippen LogP contribution in [0.2, 0.25) is 0 Å². The van der Waals surface area contributed by atoms with Gasteiger partial charge in [-0.25, -0.2) is 0 Å². The van der Waals surface area contributed by atoms with Crippen LogP contribution in [-0.2, 0) is 14.3 Å². The second-order valence-corrected chi connectivity index (χ2v) is 4.22. The van der Waals surface area contributed by atoms with E-state index in [0.29, 0.717) is 4.90 Å². The number of hydrogen-bond acceptors (Lipinski definition) is 4. The van der Waals surface area contributed by atoms with Crippen molar-refractivity contribution >= 4 is 11.9 Å². The molecule has 1 aliphatic heterocycles. The molecule has 1 amide bonds. The van der Waals surface area contributed by atoms with E-state index >= 15 is 0 Å². The first kappa shape index (κ1) is 16.6. The van der Waals surface area contributed by atoms with Gasteiger partial charge in [-0.15, -0.1) is 0 Å². The van der Waals surface area contributed by atoms with E-state index in [2.05, 4.69) is 4.74 Å². The van der Waals surface area contributed by atoms with Gasteiger partial charge in [-0.05, 0) is 0 Å². The van der Waals surface area contributed by atoms with Gasteiger partial charge in [0.15, 0.2) is 0 Å². The zero-order valence-corrected chi connectivity index (χ0v) is 10.5. The Labute approximate surface area is 111 Å². The van der Waals surface area contributed by atoms with E-state index < -0.39 is 24.0 Å². The van der Waals surface area contributed by atoms with Gasteiger partial charge >= 0.3 is 24.0 Å². The molecule has 116 valence electrons. The third kappa shape index (κ3) is 3.56. The summed E-state index contributed by atoms with van der Waals surface area (Å²) < 4.78 is 66.3. The molecule has 0 saturated carbocycles. The third-order valence-electron chi connectivity index (χ3n) is 2.86. The molecule has 1 saturated heterocycles. The first-order valence-electron chi connectivity index (χ1n) is 5.62. The van der Waals surface area contributed by atoms with E-state index in [1.165, 1.54) is 12.0 Å². The standard InChI is InChI=1S/C10H13F5N2O3/c1-20-7(18)6-16-2-4-17(5-3-16)8(19)9(11,12)10(13,14)15/h2-6H2,1H3. The number of esters is 1. The lowest BCUT2D eigenvalue weighted by atomic mass is 10.2. The van der Waals surface area contributed by atoms with Gasteiger partial charge < -0.3 is 9.64 Å². The van der Waals surface area contributed by atoms with Gasteiger partial charge in [-0.3, -0.25) is 14.5 Å². The quantitative estimate of drug-likeness (QED) is 0.563. The summed E-state index contributed by atoms with van der Waals surface area (Å²) in [7, 11) is 1.17. The molecule has 0 bridgehead atoms. The van der Waals surface area contributed by atoms with Crippen molar-refractivity contribution in [3.63, 3.8) is 0 Å². The average Bonchev–Trinajstić information content (AvgIpc) is 2.37. The lowest BCUT2D eigenvalue weighted by Crippen LogP contribution is -2.57. The molecule has 0 aromatic carbocycles. The van der Waals surface area contributed by atoms with Crippen LogP contribution in [0.15, 0.2) is 0 Å². The molecule has 0 spiro atoms. The molecule has 20 heavy (non-hydrogen) atoms. The number of alkyl halides is 5. The van der Waals surface area contributed by atoms with Crippen molar-refractivity contribution in [3.8, 4) is 0 Å². The van der Waals surface area contributed by atoms with Crippen LogP contribution in [0.5, 0.6) is 0 Å². The van der Waals surface area contributed by atoms with E-state index in [4.69, 9.17) is 0 Å². The molecule has 1 heterocycles. The predicted octanol–water partition coefficient (Wildman–Crippen LogP) is 0.501. The molecular formula is C10H13F5N2O3. The smallest absolute Gasteiger partial charge is 0.463 e. The van der Waals surface area contributed by atoms with Crippen LogP contribution in [0.25, 0.3) is 0 Å². The normalized spacial score (nSPS) is 18.0. The Morgan fingerprint density at radius 2 is 1.55 bits per heavy atom. The van der Waals surface area contributed by atoms with E-state index in [1.54, 1.807) is 0 Å². The van der Waals surface area contributed by atoms with Gasteiger partial charge in [0.25, 0.3) is 0 Å². The number of hydrogen-bond donors (Lipinski definition) is 0.